The highest BCUT2D eigenvalue weighted by Crippen LogP contribution is 2.43. The lowest BCUT2D eigenvalue weighted by atomic mass is 9.91. The third kappa shape index (κ3) is 8.18. The predicted octanol–water partition coefficient (Wildman–Crippen LogP) is 6.39. The second-order valence-corrected chi connectivity index (χ2v) is 13.3. The predicted molar refractivity (Wildman–Crippen MR) is 180 cm³/mol. The van der Waals surface area contributed by atoms with E-state index in [0.29, 0.717) is 22.2 Å². The number of amides is 2. The van der Waals surface area contributed by atoms with Gasteiger partial charge in [0.05, 0.1) is 18.8 Å². The first kappa shape index (κ1) is 35.5. The highest BCUT2D eigenvalue weighted by atomic mass is 32.2. The molecule has 0 radical (unpaired) electrons. The van der Waals surface area contributed by atoms with Crippen LogP contribution < -0.4 is 5.32 Å². The number of likely N-dealkylation sites (tertiary alicyclic amines) is 1. The van der Waals surface area contributed by atoms with Crippen LogP contribution in [0.15, 0.2) is 96.4 Å². The maximum atomic E-state index is 13.1. The summed E-state index contributed by atoms with van der Waals surface area (Å²) in [6.45, 7) is 2.02. The van der Waals surface area contributed by atoms with Crippen LogP contribution in [0.5, 0.6) is 0 Å². The highest BCUT2D eigenvalue weighted by molar-refractivity contribution is 7.99. The first-order valence-electron chi connectivity index (χ1n) is 16.4. The third-order valence-electron chi connectivity index (χ3n) is 9.07. The molecule has 0 saturated carbocycles. The smallest absolute Gasteiger partial charge is 0.392 e. The molecular formula is C37H37F3N4O5S. The van der Waals surface area contributed by atoms with Gasteiger partial charge in [-0.25, -0.2) is 9.97 Å². The monoisotopic (exact) mass is 706 g/mol. The number of benzene rings is 3. The number of hydrogen-bond acceptors (Lipinski definition) is 8. The number of nitrogens with zero attached hydrogens (tertiary/aromatic N) is 3. The largest absolute Gasteiger partial charge is 0.471 e. The van der Waals surface area contributed by atoms with Crippen molar-refractivity contribution < 1.29 is 37.3 Å². The number of aliphatic hydroxyl groups is 1. The van der Waals surface area contributed by atoms with E-state index in [4.69, 9.17) is 9.47 Å². The number of ether oxygens (including phenoxy) is 2. The average Bonchev–Trinajstić information content (AvgIpc) is 3.63. The van der Waals surface area contributed by atoms with Crippen LogP contribution in [-0.2, 0) is 32.2 Å². The Hall–Kier alpha value is -4.30. The Balaban J connectivity index is 1.17. The number of thioether (sulfide) groups is 1. The zero-order valence-corrected chi connectivity index (χ0v) is 28.1. The minimum atomic E-state index is -5.03. The van der Waals surface area contributed by atoms with Gasteiger partial charge >= 0.3 is 12.1 Å². The molecule has 0 unspecified atom stereocenters. The van der Waals surface area contributed by atoms with Crippen molar-refractivity contribution in [3.05, 3.63) is 114 Å². The van der Waals surface area contributed by atoms with Gasteiger partial charge in [-0.2, -0.15) is 13.2 Å². The molecule has 2 amide bonds. The molecule has 2 fully saturated rings. The molecule has 1 aromatic heterocycles. The fraction of sp³-hybridized carbons (Fsp3) is 0.351. The van der Waals surface area contributed by atoms with Crippen molar-refractivity contribution in [3.63, 3.8) is 0 Å². The highest BCUT2D eigenvalue weighted by Gasteiger charge is 2.47. The number of carbonyl (C=O) groups excluding carboxylic acids is 2. The topological polar surface area (TPSA) is 114 Å². The van der Waals surface area contributed by atoms with Crippen molar-refractivity contribution in [1.82, 2.24) is 20.2 Å². The minimum Gasteiger partial charge on any atom is -0.392 e. The van der Waals surface area contributed by atoms with E-state index in [1.54, 1.807) is 18.5 Å². The molecule has 9 nitrogen and oxygen atoms in total. The van der Waals surface area contributed by atoms with Crippen LogP contribution in [0.4, 0.5) is 13.2 Å². The lowest BCUT2D eigenvalue weighted by molar-refractivity contribution is -0.268. The summed E-state index contributed by atoms with van der Waals surface area (Å²) in [5.74, 6) is -2.00. The van der Waals surface area contributed by atoms with Crippen molar-refractivity contribution in [2.24, 2.45) is 5.92 Å². The van der Waals surface area contributed by atoms with Gasteiger partial charge < -0.3 is 24.8 Å². The van der Waals surface area contributed by atoms with Crippen molar-refractivity contribution in [2.75, 3.05) is 12.3 Å². The fourth-order valence-corrected chi connectivity index (χ4v) is 7.31. The maximum absolute atomic E-state index is 13.1. The standard InChI is InChI=1S/C37H37F3N4O5S/c1-23-31(22-50-36-41-17-5-18-42-36)48-34(49-32(23)26-11-9-24(21-45)10-12-26)27-15-13-25(14-16-27)29-7-3-2-6-28(29)20-43-33(46)30-8-4-19-44(30)35(47)37(38,39)40/h2-3,5-7,9-18,23,30-32,34,45H,4,8,19-22H2,1H3,(H,43,46)/t23-,30-,31+,32+,34+/m0/s1. The van der Waals surface area contributed by atoms with Gasteiger partial charge in [-0.1, -0.05) is 91.5 Å². The van der Waals surface area contributed by atoms with Crippen molar-refractivity contribution >= 4 is 23.6 Å². The van der Waals surface area contributed by atoms with E-state index >= 15 is 0 Å². The summed E-state index contributed by atoms with van der Waals surface area (Å²) in [6, 6.07) is 23.5. The molecule has 2 N–H and O–H groups in total. The van der Waals surface area contributed by atoms with Gasteiger partial charge in [-0.15, -0.1) is 0 Å². The molecular weight excluding hydrogens is 669 g/mol. The number of carbonyl (C=O) groups is 2. The first-order valence-corrected chi connectivity index (χ1v) is 17.3. The van der Waals surface area contributed by atoms with Gasteiger partial charge in [0, 0.05) is 42.7 Å². The number of hydrogen-bond donors (Lipinski definition) is 2. The second-order valence-electron chi connectivity index (χ2n) is 12.3. The summed E-state index contributed by atoms with van der Waals surface area (Å²) in [7, 11) is 0. The number of alkyl halides is 3. The maximum Gasteiger partial charge on any atom is 0.471 e. The molecule has 2 aliphatic heterocycles. The van der Waals surface area contributed by atoms with Gasteiger partial charge in [0.2, 0.25) is 5.91 Å². The number of halogens is 3. The molecule has 6 rings (SSSR count). The van der Waals surface area contributed by atoms with E-state index in [1.165, 1.54) is 11.8 Å². The molecule has 2 saturated heterocycles. The molecule has 13 heteroatoms. The van der Waals surface area contributed by atoms with E-state index in [0.717, 1.165) is 33.4 Å². The zero-order chi connectivity index (χ0) is 35.3. The van der Waals surface area contributed by atoms with Gasteiger partial charge in [-0.3, -0.25) is 9.59 Å². The van der Waals surface area contributed by atoms with Crippen LogP contribution in [0.3, 0.4) is 0 Å². The first-order chi connectivity index (χ1) is 24.1. The molecule has 0 bridgehead atoms. The molecule has 0 spiro atoms. The Morgan fingerprint density at radius 3 is 2.36 bits per heavy atom. The lowest BCUT2D eigenvalue weighted by Gasteiger charge is -2.41. The van der Waals surface area contributed by atoms with Crippen molar-refractivity contribution in [1.29, 1.82) is 0 Å². The van der Waals surface area contributed by atoms with Gasteiger partial charge in [0.25, 0.3) is 0 Å². The van der Waals surface area contributed by atoms with Crippen molar-refractivity contribution in [3.8, 4) is 11.1 Å². The van der Waals surface area contributed by atoms with Crippen LogP contribution in [0.2, 0.25) is 0 Å². The minimum absolute atomic E-state index is 0.00769. The Morgan fingerprint density at radius 2 is 1.66 bits per heavy atom. The molecule has 50 heavy (non-hydrogen) atoms. The molecule has 262 valence electrons. The van der Waals surface area contributed by atoms with Crippen LogP contribution in [0.1, 0.15) is 54.4 Å². The molecule has 3 heterocycles. The SMILES string of the molecule is C[C@H]1[C@@H](CSc2ncccn2)O[C@@H](c2ccc(-c3ccccc3CNC(=O)[C@@H]3CCCN3C(=O)C(F)(F)F)cc2)O[C@H]1c1ccc(CO)cc1. The molecule has 4 aromatic rings. The molecule has 0 aliphatic carbocycles. The Bertz CT molecular complexity index is 1760. The molecule has 3 aromatic carbocycles. The zero-order valence-electron chi connectivity index (χ0n) is 27.3. The molecule has 2 aliphatic rings. The number of rotatable bonds is 10. The summed E-state index contributed by atoms with van der Waals surface area (Å²) in [4.78, 5) is 34.1. The van der Waals surface area contributed by atoms with Crippen LogP contribution >= 0.6 is 11.8 Å². The van der Waals surface area contributed by atoms with Crippen LogP contribution in [-0.4, -0.2) is 62.4 Å². The summed E-state index contributed by atoms with van der Waals surface area (Å²) in [6.07, 6.45) is -2.27. The fourth-order valence-electron chi connectivity index (χ4n) is 6.35. The third-order valence-corrected chi connectivity index (χ3v) is 10.0. The summed E-state index contributed by atoms with van der Waals surface area (Å²) < 4.78 is 52.4. The van der Waals surface area contributed by atoms with E-state index in [1.807, 2.05) is 72.8 Å². The quantitative estimate of drug-likeness (QED) is 0.144. The lowest BCUT2D eigenvalue weighted by Crippen LogP contribution is -2.50. The van der Waals surface area contributed by atoms with E-state index in [-0.39, 0.29) is 44.2 Å². The van der Waals surface area contributed by atoms with E-state index < -0.39 is 30.3 Å². The van der Waals surface area contributed by atoms with E-state index in [9.17, 15) is 27.9 Å². The van der Waals surface area contributed by atoms with Gasteiger partial charge in [-0.05, 0) is 46.7 Å². The van der Waals surface area contributed by atoms with E-state index in [2.05, 4.69) is 22.2 Å². The van der Waals surface area contributed by atoms with Crippen LogP contribution in [0, 0.1) is 5.92 Å². The van der Waals surface area contributed by atoms with Gasteiger partial charge in [0.1, 0.15) is 6.04 Å². The molecule has 5 atom stereocenters. The Kier molecular flexibility index (Phi) is 11.2. The number of aliphatic hydroxyl groups excluding tert-OH is 1. The number of nitrogens with one attached hydrogen (secondary N) is 1. The summed E-state index contributed by atoms with van der Waals surface area (Å²) in [5.41, 5.74) is 5.07. The van der Waals surface area contributed by atoms with Gasteiger partial charge in [0.15, 0.2) is 11.4 Å². The average molecular weight is 707 g/mol. The second kappa shape index (κ2) is 15.7. The van der Waals surface area contributed by atoms with Crippen molar-refractivity contribution in [2.45, 2.75) is 68.8 Å². The summed E-state index contributed by atoms with van der Waals surface area (Å²) >= 11 is 1.51. The number of aromatic nitrogens is 2. The van der Waals surface area contributed by atoms with Crippen LogP contribution in [0.25, 0.3) is 11.1 Å². The normalized spacial score (nSPS) is 22.3. The summed E-state index contributed by atoms with van der Waals surface area (Å²) in [5, 5.41) is 12.9. The Morgan fingerprint density at radius 1 is 0.960 bits per heavy atom. The Labute approximate surface area is 292 Å².